The molecule has 34 heavy (non-hydrogen) atoms. The van der Waals surface area contributed by atoms with E-state index < -0.39 is 16.8 Å². The third-order valence-electron chi connectivity index (χ3n) is 4.99. The number of ether oxygens (including phenoxy) is 3. The zero-order chi connectivity index (χ0) is 25.0. The van der Waals surface area contributed by atoms with E-state index in [4.69, 9.17) is 43.1 Å². The Balaban J connectivity index is 2.02. The van der Waals surface area contributed by atoms with Crippen molar-refractivity contribution in [2.45, 2.75) is 26.4 Å². The number of carbonyl (C=O) groups is 1. The Labute approximate surface area is 205 Å². The van der Waals surface area contributed by atoms with Crippen molar-refractivity contribution < 1.29 is 23.9 Å². The molecule has 2 N–H and O–H groups in total. The fraction of sp³-hybridized carbons (Fsp3) is 0.217. The quantitative estimate of drug-likeness (QED) is 0.311. The Kier molecular flexibility index (Phi) is 7.66. The standard InChI is InChI=1S/C23H19Cl2N3O6/c1-3-32-23(29)20-12(2)34-22(27)15(10-26)21(20)14-5-7-19(18(9-14)28(30)31)33-11-13-4-6-16(24)17(25)8-13/h4-9,21H,3,11,27H2,1-2H3. The van der Waals surface area contributed by atoms with Crippen molar-refractivity contribution in [2.24, 2.45) is 5.73 Å². The topological polar surface area (TPSA) is 138 Å². The van der Waals surface area contributed by atoms with Gasteiger partial charge in [-0.15, -0.1) is 0 Å². The van der Waals surface area contributed by atoms with Gasteiger partial charge in [0.2, 0.25) is 5.88 Å². The summed E-state index contributed by atoms with van der Waals surface area (Å²) in [6, 6.07) is 10.9. The lowest BCUT2D eigenvalue weighted by Gasteiger charge is -2.26. The number of carbonyl (C=O) groups excluding carboxylic acids is 1. The van der Waals surface area contributed by atoms with E-state index in [1.54, 1.807) is 25.1 Å². The van der Waals surface area contributed by atoms with Gasteiger partial charge in [-0.3, -0.25) is 10.1 Å². The summed E-state index contributed by atoms with van der Waals surface area (Å²) in [5.74, 6) is -1.79. The molecule has 0 aromatic heterocycles. The van der Waals surface area contributed by atoms with Crippen molar-refractivity contribution >= 4 is 34.9 Å². The summed E-state index contributed by atoms with van der Waals surface area (Å²) >= 11 is 11.9. The van der Waals surface area contributed by atoms with Crippen LogP contribution in [0.15, 0.2) is 59.2 Å². The van der Waals surface area contributed by atoms with Crippen LogP contribution in [0, 0.1) is 21.4 Å². The van der Waals surface area contributed by atoms with Gasteiger partial charge < -0.3 is 19.9 Å². The molecule has 2 aromatic rings. The summed E-state index contributed by atoms with van der Waals surface area (Å²) < 4.78 is 16.1. The molecule has 0 saturated carbocycles. The van der Waals surface area contributed by atoms with E-state index in [1.807, 2.05) is 6.07 Å². The first-order valence-electron chi connectivity index (χ1n) is 9.98. The molecule has 1 aliphatic heterocycles. The summed E-state index contributed by atoms with van der Waals surface area (Å²) in [5.41, 5.74) is 6.42. The van der Waals surface area contributed by atoms with Crippen molar-refractivity contribution in [3.63, 3.8) is 0 Å². The van der Waals surface area contributed by atoms with Crippen LogP contribution in [0.5, 0.6) is 5.75 Å². The van der Waals surface area contributed by atoms with E-state index in [9.17, 15) is 20.2 Å². The van der Waals surface area contributed by atoms with Gasteiger partial charge in [-0.2, -0.15) is 5.26 Å². The second-order valence-corrected chi connectivity index (χ2v) is 7.95. The largest absolute Gasteiger partial charge is 0.482 e. The monoisotopic (exact) mass is 503 g/mol. The van der Waals surface area contributed by atoms with Crippen molar-refractivity contribution in [1.29, 1.82) is 5.26 Å². The summed E-state index contributed by atoms with van der Waals surface area (Å²) in [7, 11) is 0. The molecule has 0 aliphatic carbocycles. The Morgan fingerprint density at radius 1 is 1.26 bits per heavy atom. The van der Waals surface area contributed by atoms with Gasteiger partial charge >= 0.3 is 11.7 Å². The van der Waals surface area contributed by atoms with Gasteiger partial charge in [0, 0.05) is 6.07 Å². The molecule has 9 nitrogen and oxygen atoms in total. The van der Waals surface area contributed by atoms with E-state index in [0.717, 1.165) is 0 Å². The minimum absolute atomic E-state index is 0.00225. The number of rotatable bonds is 7. The highest BCUT2D eigenvalue weighted by Gasteiger charge is 2.37. The van der Waals surface area contributed by atoms with Crippen molar-refractivity contribution in [3.8, 4) is 11.8 Å². The summed E-state index contributed by atoms with van der Waals surface area (Å²) in [6.45, 7) is 3.22. The molecule has 2 aromatic carbocycles. The summed E-state index contributed by atoms with van der Waals surface area (Å²) in [4.78, 5) is 23.8. The molecule has 176 valence electrons. The fourth-order valence-corrected chi connectivity index (χ4v) is 3.78. The van der Waals surface area contributed by atoms with E-state index in [-0.39, 0.29) is 53.0 Å². The van der Waals surface area contributed by atoms with Crippen LogP contribution in [-0.2, 0) is 20.9 Å². The maximum atomic E-state index is 12.6. The molecule has 11 heteroatoms. The Bertz CT molecular complexity index is 1270. The molecule has 1 unspecified atom stereocenters. The number of allylic oxidation sites excluding steroid dienone is 2. The van der Waals surface area contributed by atoms with Gasteiger partial charge in [-0.25, -0.2) is 4.79 Å². The third kappa shape index (κ3) is 5.09. The van der Waals surface area contributed by atoms with Crippen LogP contribution in [0.3, 0.4) is 0 Å². The Morgan fingerprint density at radius 3 is 2.62 bits per heavy atom. The number of nitrogens with two attached hydrogens (primary N) is 1. The average molecular weight is 504 g/mol. The molecule has 0 radical (unpaired) electrons. The summed E-state index contributed by atoms with van der Waals surface area (Å²) in [6.07, 6.45) is 0. The maximum Gasteiger partial charge on any atom is 0.338 e. The maximum absolute atomic E-state index is 12.6. The molecule has 0 bridgehead atoms. The number of esters is 1. The molecular formula is C23H19Cl2N3O6. The lowest BCUT2D eigenvalue weighted by atomic mass is 9.83. The van der Waals surface area contributed by atoms with Crippen LogP contribution in [0.2, 0.25) is 10.0 Å². The number of halogens is 2. The number of benzene rings is 2. The fourth-order valence-electron chi connectivity index (χ4n) is 3.46. The minimum Gasteiger partial charge on any atom is -0.482 e. The first-order valence-corrected chi connectivity index (χ1v) is 10.7. The molecular weight excluding hydrogens is 485 g/mol. The first kappa shape index (κ1) is 24.9. The number of nitriles is 1. The Morgan fingerprint density at radius 2 is 2.00 bits per heavy atom. The van der Waals surface area contributed by atoms with Crippen LogP contribution in [0.25, 0.3) is 0 Å². The smallest absolute Gasteiger partial charge is 0.338 e. The lowest BCUT2D eigenvalue weighted by Crippen LogP contribution is -2.25. The van der Waals surface area contributed by atoms with Gasteiger partial charge in [0.1, 0.15) is 24.0 Å². The minimum atomic E-state index is -1.01. The average Bonchev–Trinajstić information content (AvgIpc) is 2.79. The molecule has 1 heterocycles. The van der Waals surface area contributed by atoms with Crippen LogP contribution in [0.4, 0.5) is 5.69 Å². The van der Waals surface area contributed by atoms with E-state index in [2.05, 4.69) is 0 Å². The van der Waals surface area contributed by atoms with Gasteiger partial charge in [0.25, 0.3) is 0 Å². The zero-order valence-electron chi connectivity index (χ0n) is 18.1. The van der Waals surface area contributed by atoms with Crippen molar-refractivity contribution in [2.75, 3.05) is 6.61 Å². The van der Waals surface area contributed by atoms with Gasteiger partial charge in [-0.1, -0.05) is 35.3 Å². The number of hydrogen-bond donors (Lipinski definition) is 1. The predicted octanol–water partition coefficient (Wildman–Crippen LogP) is 5.13. The highest BCUT2D eigenvalue weighted by atomic mass is 35.5. The first-order chi connectivity index (χ1) is 16.2. The molecule has 0 spiro atoms. The molecule has 1 aliphatic rings. The number of hydrogen-bond acceptors (Lipinski definition) is 8. The molecule has 0 amide bonds. The van der Waals surface area contributed by atoms with E-state index in [1.165, 1.54) is 25.1 Å². The Hall–Kier alpha value is -3.74. The van der Waals surface area contributed by atoms with Crippen LogP contribution in [0.1, 0.15) is 30.9 Å². The van der Waals surface area contributed by atoms with Gasteiger partial charge in [0.15, 0.2) is 5.75 Å². The van der Waals surface area contributed by atoms with E-state index >= 15 is 0 Å². The second-order valence-electron chi connectivity index (χ2n) is 7.14. The van der Waals surface area contributed by atoms with Gasteiger partial charge in [0.05, 0.1) is 33.1 Å². The van der Waals surface area contributed by atoms with Crippen LogP contribution < -0.4 is 10.5 Å². The SMILES string of the molecule is CCOC(=O)C1=C(C)OC(N)=C(C#N)C1c1ccc(OCc2ccc(Cl)c(Cl)c2)c([N+](=O)[O-])c1. The number of nitrogens with zero attached hydrogens (tertiary/aromatic N) is 2. The van der Waals surface area contributed by atoms with E-state index in [0.29, 0.717) is 15.6 Å². The normalized spacial score (nSPS) is 15.4. The third-order valence-corrected chi connectivity index (χ3v) is 5.73. The predicted molar refractivity (Wildman–Crippen MR) is 124 cm³/mol. The molecule has 3 rings (SSSR count). The lowest BCUT2D eigenvalue weighted by molar-refractivity contribution is -0.386. The second kappa shape index (κ2) is 10.5. The number of nitro groups is 1. The number of nitro benzene ring substituents is 1. The van der Waals surface area contributed by atoms with Crippen LogP contribution in [-0.4, -0.2) is 17.5 Å². The van der Waals surface area contributed by atoms with Crippen LogP contribution >= 0.6 is 23.2 Å². The molecule has 0 fully saturated rings. The highest BCUT2D eigenvalue weighted by Crippen LogP contribution is 2.42. The molecule has 0 saturated heterocycles. The van der Waals surface area contributed by atoms with Crippen molar-refractivity contribution in [1.82, 2.24) is 0 Å². The zero-order valence-corrected chi connectivity index (χ0v) is 19.6. The molecule has 1 atom stereocenters. The highest BCUT2D eigenvalue weighted by molar-refractivity contribution is 6.42. The summed E-state index contributed by atoms with van der Waals surface area (Å²) in [5, 5.41) is 22.2. The van der Waals surface area contributed by atoms with Crippen molar-refractivity contribution in [3.05, 3.63) is 90.5 Å². The van der Waals surface area contributed by atoms with Gasteiger partial charge in [-0.05, 0) is 43.2 Å².